The number of carbonyl (C=O) groups is 1. The summed E-state index contributed by atoms with van der Waals surface area (Å²) >= 11 is 0. The van der Waals surface area contributed by atoms with Crippen molar-refractivity contribution in [2.45, 2.75) is 39.5 Å². The highest BCUT2D eigenvalue weighted by Gasteiger charge is 2.26. The van der Waals surface area contributed by atoms with Crippen LogP contribution in [-0.4, -0.2) is 49.0 Å². The normalized spacial score (nSPS) is 15.0. The van der Waals surface area contributed by atoms with Crippen molar-refractivity contribution in [3.8, 4) is 11.3 Å². The van der Waals surface area contributed by atoms with Crippen LogP contribution < -0.4 is 0 Å². The SMILES string of the molecule is Cc1ncc(C(=O)N2CCC(c3cnc(-c4c(C)noc4C)cn3)CC2)cn1. The van der Waals surface area contributed by atoms with E-state index in [1.165, 1.54) is 0 Å². The molecule has 0 aliphatic carbocycles. The summed E-state index contributed by atoms with van der Waals surface area (Å²) in [6.45, 7) is 6.94. The van der Waals surface area contributed by atoms with Crippen molar-refractivity contribution in [1.82, 2.24) is 30.0 Å². The van der Waals surface area contributed by atoms with E-state index in [9.17, 15) is 4.79 Å². The molecule has 144 valence electrons. The van der Waals surface area contributed by atoms with Crippen molar-refractivity contribution in [3.05, 3.63) is 53.3 Å². The van der Waals surface area contributed by atoms with Crippen LogP contribution in [0.1, 0.15) is 52.1 Å². The molecule has 0 radical (unpaired) electrons. The molecular formula is C20H22N6O2. The molecule has 8 nitrogen and oxygen atoms in total. The maximum atomic E-state index is 12.6. The van der Waals surface area contributed by atoms with E-state index >= 15 is 0 Å². The first-order chi connectivity index (χ1) is 13.5. The van der Waals surface area contributed by atoms with E-state index in [1.54, 1.807) is 25.5 Å². The van der Waals surface area contributed by atoms with Crippen LogP contribution in [-0.2, 0) is 0 Å². The number of aryl methyl sites for hydroxylation is 3. The Balaban J connectivity index is 1.41. The number of likely N-dealkylation sites (tertiary alicyclic amines) is 1. The number of carbonyl (C=O) groups excluding carboxylic acids is 1. The number of amides is 1. The number of piperidine rings is 1. The van der Waals surface area contributed by atoms with E-state index in [2.05, 4.69) is 25.1 Å². The van der Waals surface area contributed by atoms with E-state index in [1.807, 2.05) is 24.9 Å². The van der Waals surface area contributed by atoms with Gasteiger partial charge in [-0.3, -0.25) is 14.8 Å². The van der Waals surface area contributed by atoms with Gasteiger partial charge in [0.2, 0.25) is 0 Å². The van der Waals surface area contributed by atoms with Crippen molar-refractivity contribution in [2.75, 3.05) is 13.1 Å². The molecule has 1 fully saturated rings. The molecule has 1 aliphatic rings. The highest BCUT2D eigenvalue weighted by atomic mass is 16.5. The number of hydrogen-bond donors (Lipinski definition) is 0. The third-order valence-corrected chi connectivity index (χ3v) is 5.19. The number of hydrogen-bond acceptors (Lipinski definition) is 7. The van der Waals surface area contributed by atoms with Gasteiger partial charge in [0.15, 0.2) is 0 Å². The molecule has 0 bridgehead atoms. The Kier molecular flexibility index (Phi) is 4.85. The summed E-state index contributed by atoms with van der Waals surface area (Å²) in [6.07, 6.45) is 8.52. The molecule has 3 aromatic rings. The van der Waals surface area contributed by atoms with Gasteiger partial charge in [-0.05, 0) is 33.6 Å². The average molecular weight is 378 g/mol. The van der Waals surface area contributed by atoms with E-state index in [4.69, 9.17) is 4.52 Å². The van der Waals surface area contributed by atoms with Crippen LogP contribution in [0.3, 0.4) is 0 Å². The summed E-state index contributed by atoms with van der Waals surface area (Å²) in [7, 11) is 0. The highest BCUT2D eigenvalue weighted by molar-refractivity contribution is 5.93. The van der Waals surface area contributed by atoms with Crippen molar-refractivity contribution in [2.24, 2.45) is 0 Å². The third kappa shape index (κ3) is 3.49. The summed E-state index contributed by atoms with van der Waals surface area (Å²) in [5.74, 6) is 1.68. The minimum Gasteiger partial charge on any atom is -0.361 e. The first kappa shape index (κ1) is 18.2. The average Bonchev–Trinajstić information content (AvgIpc) is 3.06. The number of nitrogens with zero attached hydrogens (tertiary/aromatic N) is 6. The predicted molar refractivity (Wildman–Crippen MR) is 102 cm³/mol. The van der Waals surface area contributed by atoms with Crippen LogP contribution >= 0.6 is 0 Å². The van der Waals surface area contributed by atoms with Gasteiger partial charge in [0.25, 0.3) is 5.91 Å². The Morgan fingerprint density at radius 2 is 1.71 bits per heavy atom. The molecule has 4 heterocycles. The molecule has 3 aromatic heterocycles. The molecule has 28 heavy (non-hydrogen) atoms. The van der Waals surface area contributed by atoms with Crippen molar-refractivity contribution in [3.63, 3.8) is 0 Å². The molecule has 1 amide bonds. The number of aromatic nitrogens is 5. The predicted octanol–water partition coefficient (Wildman–Crippen LogP) is 2.87. The number of rotatable bonds is 3. The van der Waals surface area contributed by atoms with Crippen molar-refractivity contribution >= 4 is 5.91 Å². The lowest BCUT2D eigenvalue weighted by atomic mass is 9.93. The fourth-order valence-electron chi connectivity index (χ4n) is 3.59. The molecular weight excluding hydrogens is 356 g/mol. The van der Waals surface area contributed by atoms with Crippen LogP contribution in [0.25, 0.3) is 11.3 Å². The minimum atomic E-state index is -0.0155. The first-order valence-electron chi connectivity index (χ1n) is 9.36. The van der Waals surface area contributed by atoms with Gasteiger partial charge in [-0.25, -0.2) is 9.97 Å². The van der Waals surface area contributed by atoms with Gasteiger partial charge in [-0.15, -0.1) is 0 Å². The van der Waals surface area contributed by atoms with Gasteiger partial charge in [0.1, 0.15) is 11.6 Å². The summed E-state index contributed by atoms with van der Waals surface area (Å²) in [4.78, 5) is 31.9. The molecule has 0 aromatic carbocycles. The monoisotopic (exact) mass is 378 g/mol. The summed E-state index contributed by atoms with van der Waals surface area (Å²) < 4.78 is 5.21. The van der Waals surface area contributed by atoms with E-state index < -0.39 is 0 Å². The minimum absolute atomic E-state index is 0.0155. The van der Waals surface area contributed by atoms with Gasteiger partial charge < -0.3 is 9.42 Å². The summed E-state index contributed by atoms with van der Waals surface area (Å²) in [5.41, 5.74) is 3.98. The zero-order chi connectivity index (χ0) is 19.7. The molecule has 0 unspecified atom stereocenters. The largest absolute Gasteiger partial charge is 0.361 e. The Morgan fingerprint density at radius 1 is 1.00 bits per heavy atom. The summed E-state index contributed by atoms with van der Waals surface area (Å²) in [5, 5.41) is 3.97. The molecule has 4 rings (SSSR count). The Hall–Kier alpha value is -3.16. The van der Waals surface area contributed by atoms with Gasteiger partial charge in [-0.1, -0.05) is 5.16 Å². The van der Waals surface area contributed by atoms with E-state index in [-0.39, 0.29) is 5.91 Å². The molecule has 0 N–H and O–H groups in total. The van der Waals surface area contributed by atoms with Crippen LogP contribution in [0.2, 0.25) is 0 Å². The van der Waals surface area contributed by atoms with Gasteiger partial charge >= 0.3 is 0 Å². The molecule has 0 atom stereocenters. The van der Waals surface area contributed by atoms with Crippen LogP contribution in [0, 0.1) is 20.8 Å². The topological polar surface area (TPSA) is 97.9 Å². The second-order valence-corrected chi connectivity index (χ2v) is 7.11. The van der Waals surface area contributed by atoms with Gasteiger partial charge in [-0.2, -0.15) is 0 Å². The molecule has 1 aliphatic heterocycles. The van der Waals surface area contributed by atoms with Crippen LogP contribution in [0.5, 0.6) is 0 Å². The quantitative estimate of drug-likeness (QED) is 0.691. The van der Waals surface area contributed by atoms with Crippen molar-refractivity contribution < 1.29 is 9.32 Å². The van der Waals surface area contributed by atoms with Gasteiger partial charge in [0.05, 0.1) is 34.4 Å². The van der Waals surface area contributed by atoms with Crippen molar-refractivity contribution in [1.29, 1.82) is 0 Å². The van der Waals surface area contributed by atoms with Gasteiger partial charge in [0, 0.05) is 37.6 Å². The standard InChI is InChI=1S/C20H22N6O2/c1-12-19(13(2)28-25-12)18-11-23-17(10-24-18)15-4-6-26(7-5-15)20(27)16-8-21-14(3)22-9-16/h8-11,15H,4-7H2,1-3H3. The molecule has 8 heteroatoms. The van der Waals surface area contributed by atoms with E-state index in [0.29, 0.717) is 30.4 Å². The zero-order valence-corrected chi connectivity index (χ0v) is 16.2. The lowest BCUT2D eigenvalue weighted by Gasteiger charge is -2.31. The Labute approximate surface area is 163 Å². The summed E-state index contributed by atoms with van der Waals surface area (Å²) in [6, 6.07) is 0. The Bertz CT molecular complexity index is 953. The second-order valence-electron chi connectivity index (χ2n) is 7.11. The maximum absolute atomic E-state index is 12.6. The highest BCUT2D eigenvalue weighted by Crippen LogP contribution is 2.29. The lowest BCUT2D eigenvalue weighted by molar-refractivity contribution is 0.0711. The third-order valence-electron chi connectivity index (χ3n) is 5.19. The fourth-order valence-corrected chi connectivity index (χ4v) is 3.59. The van der Waals surface area contributed by atoms with E-state index in [0.717, 1.165) is 41.2 Å². The van der Waals surface area contributed by atoms with Crippen LogP contribution in [0.4, 0.5) is 0 Å². The molecule has 0 spiro atoms. The zero-order valence-electron chi connectivity index (χ0n) is 16.2. The smallest absolute Gasteiger partial charge is 0.256 e. The molecule has 0 saturated carbocycles. The second kappa shape index (κ2) is 7.46. The molecule has 1 saturated heterocycles. The first-order valence-corrected chi connectivity index (χ1v) is 9.36. The fraction of sp³-hybridized carbons (Fsp3) is 0.400. The Morgan fingerprint density at radius 3 is 2.29 bits per heavy atom. The maximum Gasteiger partial charge on any atom is 0.256 e. The van der Waals surface area contributed by atoms with Crippen LogP contribution in [0.15, 0.2) is 29.3 Å². The lowest BCUT2D eigenvalue weighted by Crippen LogP contribution is -2.38.